The Kier molecular flexibility index (Phi) is 4.93. The zero-order chi connectivity index (χ0) is 15.7. The fourth-order valence-corrected chi connectivity index (χ4v) is 3.85. The molecule has 0 saturated heterocycles. The summed E-state index contributed by atoms with van der Waals surface area (Å²) in [5.41, 5.74) is 0.477. The summed E-state index contributed by atoms with van der Waals surface area (Å²) < 4.78 is 5.88. The highest BCUT2D eigenvalue weighted by atomic mass is 28.4. The Labute approximate surface area is 131 Å². The van der Waals surface area contributed by atoms with Crippen molar-refractivity contribution in [3.8, 4) is 11.8 Å². The molecule has 0 bridgehead atoms. The first-order chi connectivity index (χ1) is 9.64. The maximum absolute atomic E-state index is 10.1. The zero-order valence-corrected chi connectivity index (χ0v) is 15.5. The van der Waals surface area contributed by atoms with Crippen molar-refractivity contribution in [2.45, 2.75) is 90.1 Å². The Bertz CT molecular complexity index is 417. The highest BCUT2D eigenvalue weighted by molar-refractivity contribution is 6.74. The topological polar surface area (TPSA) is 29.5 Å². The van der Waals surface area contributed by atoms with Gasteiger partial charge in [0.15, 0.2) is 8.32 Å². The second kappa shape index (κ2) is 6.06. The number of aliphatic hydroxyl groups excluding tert-OH is 1. The normalized spacial score (nSPS) is 23.0. The van der Waals surface area contributed by atoms with E-state index in [1.807, 2.05) is 0 Å². The summed E-state index contributed by atoms with van der Waals surface area (Å²) in [7, 11) is -1.93. The summed E-state index contributed by atoms with van der Waals surface area (Å²) in [5.74, 6) is 7.15. The van der Waals surface area contributed by atoms with Gasteiger partial charge in [-0.25, -0.2) is 0 Å². The molecular formula is C18H32O2Si. The van der Waals surface area contributed by atoms with Crippen LogP contribution in [0.15, 0.2) is 0 Å². The van der Waals surface area contributed by atoms with E-state index < -0.39 is 14.6 Å². The molecule has 2 fully saturated rings. The van der Waals surface area contributed by atoms with Gasteiger partial charge in [-0.3, -0.25) is 0 Å². The molecule has 0 amide bonds. The molecule has 1 unspecified atom stereocenters. The molecule has 0 aliphatic heterocycles. The quantitative estimate of drug-likeness (QED) is 0.453. The second-order valence-electron chi connectivity index (χ2n) is 8.73. The SMILES string of the molecule is CC(C)(C)[Si](C)(C)OC(O)C#CCC1(CC2CC2)CCC1. The van der Waals surface area contributed by atoms with E-state index in [1.54, 1.807) is 0 Å². The molecule has 0 aromatic carbocycles. The first-order valence-corrected chi connectivity index (χ1v) is 11.4. The van der Waals surface area contributed by atoms with Crippen LogP contribution in [0.1, 0.15) is 65.7 Å². The Balaban J connectivity index is 1.84. The van der Waals surface area contributed by atoms with Crippen LogP contribution in [0.3, 0.4) is 0 Å². The van der Waals surface area contributed by atoms with Gasteiger partial charge in [-0.05, 0) is 54.6 Å². The van der Waals surface area contributed by atoms with Crippen molar-refractivity contribution in [2.75, 3.05) is 0 Å². The summed E-state index contributed by atoms with van der Waals surface area (Å²) in [4.78, 5) is 0. The lowest BCUT2D eigenvalue weighted by atomic mass is 9.64. The summed E-state index contributed by atoms with van der Waals surface area (Å²) in [6.45, 7) is 10.8. The van der Waals surface area contributed by atoms with Crippen LogP contribution in [-0.4, -0.2) is 19.7 Å². The minimum absolute atomic E-state index is 0.108. The fourth-order valence-electron chi connectivity index (χ4n) is 2.88. The molecule has 0 heterocycles. The van der Waals surface area contributed by atoms with Gasteiger partial charge < -0.3 is 9.53 Å². The maximum atomic E-state index is 10.1. The lowest BCUT2D eigenvalue weighted by Crippen LogP contribution is -2.43. The average molecular weight is 309 g/mol. The molecule has 120 valence electrons. The van der Waals surface area contributed by atoms with Crippen LogP contribution in [0.4, 0.5) is 0 Å². The minimum Gasteiger partial charge on any atom is -0.383 e. The third-order valence-electron chi connectivity index (χ3n) is 5.73. The third kappa shape index (κ3) is 4.58. The van der Waals surface area contributed by atoms with E-state index in [9.17, 15) is 5.11 Å². The van der Waals surface area contributed by atoms with E-state index in [-0.39, 0.29) is 5.04 Å². The Hall–Kier alpha value is -0.303. The molecule has 1 atom stereocenters. The van der Waals surface area contributed by atoms with E-state index in [0.717, 1.165) is 12.3 Å². The molecule has 2 saturated carbocycles. The Morgan fingerprint density at radius 2 is 1.90 bits per heavy atom. The molecule has 21 heavy (non-hydrogen) atoms. The summed E-state index contributed by atoms with van der Waals surface area (Å²) in [6, 6.07) is 0. The summed E-state index contributed by atoms with van der Waals surface area (Å²) in [6.07, 6.45) is 8.26. The van der Waals surface area contributed by atoms with E-state index in [4.69, 9.17) is 4.43 Å². The maximum Gasteiger partial charge on any atom is 0.210 e. The zero-order valence-electron chi connectivity index (χ0n) is 14.5. The summed E-state index contributed by atoms with van der Waals surface area (Å²) in [5, 5.41) is 10.2. The van der Waals surface area contributed by atoms with Crippen molar-refractivity contribution in [3.63, 3.8) is 0 Å². The van der Waals surface area contributed by atoms with E-state index >= 15 is 0 Å². The monoisotopic (exact) mass is 308 g/mol. The number of hydrogen-bond donors (Lipinski definition) is 1. The molecule has 3 heteroatoms. The largest absolute Gasteiger partial charge is 0.383 e. The van der Waals surface area contributed by atoms with Crippen molar-refractivity contribution in [1.29, 1.82) is 0 Å². The van der Waals surface area contributed by atoms with E-state index in [0.29, 0.717) is 5.41 Å². The first kappa shape index (κ1) is 17.1. The van der Waals surface area contributed by atoms with Crippen LogP contribution in [0.5, 0.6) is 0 Å². The van der Waals surface area contributed by atoms with Crippen molar-refractivity contribution >= 4 is 8.32 Å². The predicted molar refractivity (Wildman–Crippen MR) is 90.3 cm³/mol. The van der Waals surface area contributed by atoms with Gasteiger partial charge in [0, 0.05) is 6.42 Å². The van der Waals surface area contributed by atoms with Gasteiger partial charge in [0.25, 0.3) is 0 Å². The highest BCUT2D eigenvalue weighted by Gasteiger charge is 2.41. The van der Waals surface area contributed by atoms with Crippen molar-refractivity contribution < 1.29 is 9.53 Å². The standard InChI is InChI=1S/C18H32O2Si/c1-17(2,3)21(4,5)20-16(19)8-6-11-18(12-7-13-18)14-15-9-10-15/h15-16,19H,7,9-14H2,1-5H3. The van der Waals surface area contributed by atoms with Crippen molar-refractivity contribution in [2.24, 2.45) is 11.3 Å². The Morgan fingerprint density at radius 1 is 1.29 bits per heavy atom. The van der Waals surface area contributed by atoms with Gasteiger partial charge in [0.2, 0.25) is 6.29 Å². The van der Waals surface area contributed by atoms with Crippen molar-refractivity contribution in [1.82, 2.24) is 0 Å². The molecule has 2 aliphatic rings. The lowest BCUT2D eigenvalue weighted by Gasteiger charge is -2.41. The fraction of sp³-hybridized carbons (Fsp3) is 0.889. The van der Waals surface area contributed by atoms with Gasteiger partial charge in [-0.2, -0.15) is 0 Å². The molecule has 2 nitrogen and oxygen atoms in total. The third-order valence-corrected chi connectivity index (χ3v) is 10.2. The van der Waals surface area contributed by atoms with Crippen LogP contribution in [0.25, 0.3) is 0 Å². The molecule has 2 rings (SSSR count). The smallest absolute Gasteiger partial charge is 0.210 e. The predicted octanol–water partition coefficient (Wildman–Crippen LogP) is 4.69. The van der Waals surface area contributed by atoms with Gasteiger partial charge in [-0.1, -0.05) is 46.0 Å². The van der Waals surface area contributed by atoms with Crippen LogP contribution in [0.2, 0.25) is 18.1 Å². The molecule has 2 aliphatic carbocycles. The average Bonchev–Trinajstić information content (AvgIpc) is 3.07. The van der Waals surface area contributed by atoms with Crippen LogP contribution >= 0.6 is 0 Å². The van der Waals surface area contributed by atoms with Gasteiger partial charge in [0.05, 0.1) is 0 Å². The van der Waals surface area contributed by atoms with Crippen LogP contribution in [0, 0.1) is 23.2 Å². The van der Waals surface area contributed by atoms with E-state index in [1.165, 1.54) is 38.5 Å². The van der Waals surface area contributed by atoms with Gasteiger partial charge in [0.1, 0.15) is 0 Å². The first-order valence-electron chi connectivity index (χ1n) is 8.48. The number of aliphatic hydroxyl groups is 1. The highest BCUT2D eigenvalue weighted by Crippen LogP contribution is 2.52. The van der Waals surface area contributed by atoms with Crippen molar-refractivity contribution in [3.05, 3.63) is 0 Å². The second-order valence-corrected chi connectivity index (χ2v) is 13.5. The summed E-state index contributed by atoms with van der Waals surface area (Å²) >= 11 is 0. The molecular weight excluding hydrogens is 276 g/mol. The lowest BCUT2D eigenvalue weighted by molar-refractivity contribution is 0.0210. The molecule has 0 spiro atoms. The van der Waals surface area contributed by atoms with Gasteiger partial charge in [-0.15, -0.1) is 0 Å². The molecule has 1 N–H and O–H groups in total. The molecule has 0 radical (unpaired) electrons. The van der Waals surface area contributed by atoms with Crippen LogP contribution < -0.4 is 0 Å². The molecule has 0 aromatic rings. The molecule has 0 aromatic heterocycles. The minimum atomic E-state index is -1.93. The number of hydrogen-bond acceptors (Lipinski definition) is 2. The van der Waals surface area contributed by atoms with E-state index in [2.05, 4.69) is 45.7 Å². The van der Waals surface area contributed by atoms with Gasteiger partial charge >= 0.3 is 0 Å². The Morgan fingerprint density at radius 3 is 2.33 bits per heavy atom. The number of rotatable bonds is 5. The van der Waals surface area contributed by atoms with Crippen LogP contribution in [-0.2, 0) is 4.43 Å².